The largest absolute Gasteiger partial charge is 0.294 e. The number of amides is 4. The number of rotatable bonds is 3. The first-order valence-electron chi connectivity index (χ1n) is 8.81. The molecule has 1 atom stereocenters. The summed E-state index contributed by atoms with van der Waals surface area (Å²) < 4.78 is 0. The Morgan fingerprint density at radius 2 is 1.66 bits per heavy atom. The van der Waals surface area contributed by atoms with Crippen molar-refractivity contribution >= 4 is 58.1 Å². The van der Waals surface area contributed by atoms with Crippen LogP contribution in [-0.4, -0.2) is 33.9 Å². The monoisotopic (exact) mass is 426 g/mol. The van der Waals surface area contributed by atoms with Crippen molar-refractivity contribution in [2.45, 2.75) is 19.4 Å². The number of hydrogen-bond acceptors (Lipinski definition) is 5. The number of anilines is 1. The van der Waals surface area contributed by atoms with Crippen LogP contribution >= 0.6 is 23.4 Å². The Kier molecular flexibility index (Phi) is 5.02. The highest BCUT2D eigenvalue weighted by atomic mass is 35.5. The standard InChI is InChI=1S/C21H15ClN2O4S/c1-12-2-8-15(9-3-12)23-18(25)11-16(19(23)26)24-20(27)17(29-21(24)28)10-13-4-6-14(22)7-5-13/h2-10,16H,11H2,1H3/b17-10+/t16-/m0/s1. The average molecular weight is 427 g/mol. The summed E-state index contributed by atoms with van der Waals surface area (Å²) >= 11 is 6.62. The summed E-state index contributed by atoms with van der Waals surface area (Å²) in [5.74, 6) is -1.59. The van der Waals surface area contributed by atoms with Crippen molar-refractivity contribution in [3.8, 4) is 0 Å². The highest BCUT2D eigenvalue weighted by Crippen LogP contribution is 2.37. The van der Waals surface area contributed by atoms with E-state index in [1.54, 1.807) is 54.6 Å². The molecular weight excluding hydrogens is 412 g/mol. The Morgan fingerprint density at radius 1 is 1.00 bits per heavy atom. The van der Waals surface area contributed by atoms with Gasteiger partial charge in [-0.15, -0.1) is 0 Å². The van der Waals surface area contributed by atoms with Crippen molar-refractivity contribution in [1.82, 2.24) is 4.90 Å². The second-order valence-corrected chi connectivity index (χ2v) is 8.16. The van der Waals surface area contributed by atoms with Crippen LogP contribution in [0.1, 0.15) is 17.5 Å². The molecule has 8 heteroatoms. The van der Waals surface area contributed by atoms with Gasteiger partial charge in [0, 0.05) is 5.02 Å². The van der Waals surface area contributed by atoms with E-state index < -0.39 is 29.0 Å². The number of thioether (sulfide) groups is 1. The minimum atomic E-state index is -1.13. The lowest BCUT2D eigenvalue weighted by atomic mass is 10.2. The highest BCUT2D eigenvalue weighted by molar-refractivity contribution is 8.18. The van der Waals surface area contributed by atoms with Gasteiger partial charge >= 0.3 is 0 Å². The van der Waals surface area contributed by atoms with Gasteiger partial charge in [0.1, 0.15) is 6.04 Å². The molecule has 0 spiro atoms. The van der Waals surface area contributed by atoms with Crippen LogP contribution in [0.4, 0.5) is 10.5 Å². The molecule has 2 aliphatic heterocycles. The maximum absolute atomic E-state index is 12.9. The number of nitrogens with zero attached hydrogens (tertiary/aromatic N) is 2. The van der Waals surface area contributed by atoms with E-state index in [2.05, 4.69) is 0 Å². The van der Waals surface area contributed by atoms with Crippen LogP contribution in [0.25, 0.3) is 6.08 Å². The summed E-state index contributed by atoms with van der Waals surface area (Å²) in [6.45, 7) is 1.90. The van der Waals surface area contributed by atoms with Crippen LogP contribution < -0.4 is 4.90 Å². The maximum Gasteiger partial charge on any atom is 0.294 e. The number of aryl methyl sites for hydroxylation is 1. The topological polar surface area (TPSA) is 74.8 Å². The molecule has 146 valence electrons. The van der Waals surface area contributed by atoms with Crippen LogP contribution in [-0.2, 0) is 14.4 Å². The third-order valence-corrected chi connectivity index (χ3v) is 5.85. The second-order valence-electron chi connectivity index (χ2n) is 6.73. The summed E-state index contributed by atoms with van der Waals surface area (Å²) in [6, 6.07) is 12.6. The fourth-order valence-electron chi connectivity index (χ4n) is 3.24. The fourth-order valence-corrected chi connectivity index (χ4v) is 4.24. The molecule has 0 bridgehead atoms. The Hall–Kier alpha value is -2.90. The molecule has 0 unspecified atom stereocenters. The number of imide groups is 2. The van der Waals surface area contributed by atoms with E-state index in [1.165, 1.54) is 0 Å². The summed E-state index contributed by atoms with van der Waals surface area (Å²) in [5, 5.41) is -0.00589. The summed E-state index contributed by atoms with van der Waals surface area (Å²) in [4.78, 5) is 52.8. The molecule has 6 nitrogen and oxygen atoms in total. The minimum absolute atomic E-state index is 0.200. The molecule has 2 fully saturated rings. The van der Waals surface area contributed by atoms with E-state index in [-0.39, 0.29) is 11.3 Å². The second kappa shape index (κ2) is 7.50. The highest BCUT2D eigenvalue weighted by Gasteiger charge is 2.50. The van der Waals surface area contributed by atoms with Gasteiger partial charge in [0.15, 0.2) is 0 Å². The van der Waals surface area contributed by atoms with Crippen LogP contribution in [0.5, 0.6) is 0 Å². The molecule has 2 aromatic carbocycles. The van der Waals surface area contributed by atoms with Crippen molar-refractivity contribution in [1.29, 1.82) is 0 Å². The molecule has 29 heavy (non-hydrogen) atoms. The molecule has 0 N–H and O–H groups in total. The molecule has 4 amide bonds. The quantitative estimate of drug-likeness (QED) is 0.547. The Bertz CT molecular complexity index is 1060. The zero-order chi connectivity index (χ0) is 20.7. The SMILES string of the molecule is Cc1ccc(N2C(=O)C[C@H](N3C(=O)S/C(=C/c4ccc(Cl)cc4)C3=O)C2=O)cc1. The predicted octanol–water partition coefficient (Wildman–Crippen LogP) is 4.02. The number of hydrogen-bond donors (Lipinski definition) is 0. The molecular formula is C21H15ClN2O4S. The summed E-state index contributed by atoms with van der Waals surface area (Å²) in [5.41, 5.74) is 2.12. The first-order valence-corrected chi connectivity index (χ1v) is 10.0. The van der Waals surface area contributed by atoms with E-state index >= 15 is 0 Å². The van der Waals surface area contributed by atoms with Gasteiger partial charge in [-0.05, 0) is 54.6 Å². The molecule has 0 radical (unpaired) electrons. The fraction of sp³-hybridized carbons (Fsp3) is 0.143. The normalized spacial score (nSPS) is 21.0. The third-order valence-electron chi connectivity index (χ3n) is 4.72. The lowest BCUT2D eigenvalue weighted by molar-refractivity contribution is -0.130. The van der Waals surface area contributed by atoms with E-state index in [1.807, 2.05) is 6.92 Å². The Balaban J connectivity index is 1.59. The molecule has 0 aromatic heterocycles. The van der Waals surface area contributed by atoms with Gasteiger partial charge in [0.2, 0.25) is 5.91 Å². The lowest BCUT2D eigenvalue weighted by Crippen LogP contribution is -2.44. The number of carbonyl (C=O) groups is 4. The molecule has 2 saturated heterocycles. The zero-order valence-corrected chi connectivity index (χ0v) is 16.9. The van der Waals surface area contributed by atoms with Gasteiger partial charge in [-0.2, -0.15) is 0 Å². The molecule has 4 rings (SSSR count). The van der Waals surface area contributed by atoms with E-state index in [0.717, 1.165) is 27.1 Å². The first kappa shape index (κ1) is 19.4. The Morgan fingerprint density at radius 3 is 2.31 bits per heavy atom. The number of halogens is 1. The molecule has 0 aliphatic carbocycles. The smallest absolute Gasteiger partial charge is 0.274 e. The summed E-state index contributed by atoms with van der Waals surface area (Å²) in [7, 11) is 0. The van der Waals surface area contributed by atoms with Crippen molar-refractivity contribution in [2.24, 2.45) is 0 Å². The van der Waals surface area contributed by atoms with Crippen molar-refractivity contribution in [3.63, 3.8) is 0 Å². The summed E-state index contributed by atoms with van der Waals surface area (Å²) in [6.07, 6.45) is 1.35. The molecule has 2 heterocycles. The van der Waals surface area contributed by atoms with E-state index in [4.69, 9.17) is 11.6 Å². The van der Waals surface area contributed by atoms with Crippen LogP contribution in [0.3, 0.4) is 0 Å². The van der Waals surface area contributed by atoms with Gasteiger partial charge in [0.05, 0.1) is 17.0 Å². The van der Waals surface area contributed by atoms with Gasteiger partial charge < -0.3 is 0 Å². The van der Waals surface area contributed by atoms with Crippen LogP contribution in [0.2, 0.25) is 5.02 Å². The van der Waals surface area contributed by atoms with Crippen LogP contribution in [0, 0.1) is 6.92 Å². The van der Waals surface area contributed by atoms with Crippen molar-refractivity contribution < 1.29 is 19.2 Å². The van der Waals surface area contributed by atoms with Gasteiger partial charge in [-0.25, -0.2) is 4.90 Å². The van der Waals surface area contributed by atoms with E-state index in [0.29, 0.717) is 16.3 Å². The van der Waals surface area contributed by atoms with Gasteiger partial charge in [-0.1, -0.05) is 41.4 Å². The lowest BCUT2D eigenvalue weighted by Gasteiger charge is -2.20. The van der Waals surface area contributed by atoms with Gasteiger partial charge in [0.25, 0.3) is 17.1 Å². The molecule has 0 saturated carbocycles. The molecule has 2 aromatic rings. The third kappa shape index (κ3) is 3.59. The number of benzene rings is 2. The Labute approximate surface area is 176 Å². The zero-order valence-electron chi connectivity index (χ0n) is 15.3. The maximum atomic E-state index is 12.9. The minimum Gasteiger partial charge on any atom is -0.274 e. The van der Waals surface area contributed by atoms with Gasteiger partial charge in [-0.3, -0.25) is 24.1 Å². The van der Waals surface area contributed by atoms with Crippen LogP contribution in [0.15, 0.2) is 53.4 Å². The average Bonchev–Trinajstić information content (AvgIpc) is 3.12. The first-order chi connectivity index (χ1) is 13.8. The van der Waals surface area contributed by atoms with Crippen molar-refractivity contribution in [3.05, 3.63) is 69.6 Å². The number of carbonyl (C=O) groups excluding carboxylic acids is 4. The van der Waals surface area contributed by atoms with E-state index in [9.17, 15) is 19.2 Å². The van der Waals surface area contributed by atoms with Crippen molar-refractivity contribution in [2.75, 3.05) is 4.90 Å². The predicted molar refractivity (Wildman–Crippen MR) is 111 cm³/mol. The molecule has 2 aliphatic rings.